The Morgan fingerprint density at radius 1 is 1.10 bits per heavy atom. The molecular weight excluding hydrogens is 248 g/mol. The normalized spacial score (nSPS) is 14.6. The van der Waals surface area contributed by atoms with Crippen LogP contribution < -0.4 is 5.32 Å². The Morgan fingerprint density at radius 3 is 2.05 bits per heavy atom. The minimum absolute atomic E-state index is 0. The average molecular weight is 278 g/mol. The van der Waals surface area contributed by atoms with Crippen molar-refractivity contribution in [3.05, 3.63) is 35.4 Å². The molecule has 2 rings (SSSR count). The van der Waals surface area contributed by atoms with E-state index >= 15 is 0 Å². The number of amides is 1. The van der Waals surface area contributed by atoms with Gasteiger partial charge < -0.3 is 10.2 Å². The maximum atomic E-state index is 11.7. The number of carbonyl (C=O) groups excluding carboxylic acids is 1. The van der Waals surface area contributed by atoms with Gasteiger partial charge >= 0.3 is 0 Å². The Balaban J connectivity index is 0.00000115. The van der Waals surface area contributed by atoms with E-state index in [4.69, 9.17) is 0 Å². The van der Waals surface area contributed by atoms with Gasteiger partial charge in [-0.1, -0.05) is 33.4 Å². The predicted octanol–water partition coefficient (Wildman–Crippen LogP) is 3.52. The molecule has 0 radical (unpaired) electrons. The average Bonchev–Trinajstić information content (AvgIpc) is 2.49. The third-order valence-corrected chi connectivity index (χ3v) is 3.37. The fourth-order valence-corrected chi connectivity index (χ4v) is 2.31. The zero-order chi connectivity index (χ0) is 14.3. The summed E-state index contributed by atoms with van der Waals surface area (Å²) in [6, 6.07) is 8.10. The van der Waals surface area contributed by atoms with Crippen molar-refractivity contribution < 1.29 is 4.79 Å². The van der Waals surface area contributed by atoms with Gasteiger partial charge in [0, 0.05) is 19.7 Å². The monoisotopic (exact) mass is 278 g/mol. The molecule has 0 aromatic heterocycles. The zero-order valence-corrected chi connectivity index (χ0v) is 12.6. The van der Waals surface area contributed by atoms with Crippen molar-refractivity contribution >= 4 is 5.91 Å². The molecule has 114 valence electrons. The van der Waals surface area contributed by atoms with E-state index in [2.05, 4.69) is 17.4 Å². The van der Waals surface area contributed by atoms with Crippen molar-refractivity contribution in [1.82, 2.24) is 10.2 Å². The number of hydrogen-bond donors (Lipinski definition) is 1. The van der Waals surface area contributed by atoms with Crippen LogP contribution in [-0.4, -0.2) is 38.0 Å². The summed E-state index contributed by atoms with van der Waals surface area (Å²) < 4.78 is 0. The van der Waals surface area contributed by atoms with Crippen LogP contribution >= 0.6 is 0 Å². The minimum Gasteiger partial charge on any atom is -0.345 e. The van der Waals surface area contributed by atoms with Crippen LogP contribution in [0, 0.1) is 0 Å². The van der Waals surface area contributed by atoms with Gasteiger partial charge in [-0.05, 0) is 49.5 Å². The Labute approximate surface area is 124 Å². The molecule has 1 amide bonds. The summed E-state index contributed by atoms with van der Waals surface area (Å²) in [7, 11) is 3.56. The predicted molar refractivity (Wildman–Crippen MR) is 87.4 cm³/mol. The van der Waals surface area contributed by atoms with Gasteiger partial charge in [0.1, 0.15) is 0 Å². The first-order valence-corrected chi connectivity index (χ1v) is 7.21. The molecule has 1 aliphatic rings. The topological polar surface area (TPSA) is 32.3 Å². The number of carbonyl (C=O) groups is 1. The molecule has 0 bridgehead atoms. The largest absolute Gasteiger partial charge is 0.345 e. The summed E-state index contributed by atoms with van der Waals surface area (Å²) in [6.45, 7) is 6.20. The quantitative estimate of drug-likeness (QED) is 0.897. The van der Waals surface area contributed by atoms with E-state index < -0.39 is 0 Å². The number of benzene rings is 1. The summed E-state index contributed by atoms with van der Waals surface area (Å²) >= 11 is 0. The van der Waals surface area contributed by atoms with Crippen molar-refractivity contribution in [3.8, 4) is 0 Å². The lowest BCUT2D eigenvalue weighted by atomic mass is 9.90. The Bertz CT molecular complexity index is 378. The van der Waals surface area contributed by atoms with E-state index in [1.165, 1.54) is 18.4 Å². The van der Waals surface area contributed by atoms with Gasteiger partial charge in [0.2, 0.25) is 0 Å². The molecule has 1 aromatic carbocycles. The van der Waals surface area contributed by atoms with Crippen molar-refractivity contribution in [2.24, 2.45) is 0 Å². The van der Waals surface area contributed by atoms with E-state index in [9.17, 15) is 4.79 Å². The van der Waals surface area contributed by atoms with Crippen molar-refractivity contribution in [2.45, 2.75) is 40.0 Å². The van der Waals surface area contributed by atoms with E-state index in [-0.39, 0.29) is 13.3 Å². The van der Waals surface area contributed by atoms with E-state index in [1.54, 1.807) is 19.0 Å². The van der Waals surface area contributed by atoms with Gasteiger partial charge in [-0.2, -0.15) is 0 Å². The third-order valence-electron chi connectivity index (χ3n) is 3.37. The highest BCUT2D eigenvalue weighted by molar-refractivity contribution is 5.93. The summed E-state index contributed by atoms with van der Waals surface area (Å²) in [5.41, 5.74) is 2.13. The van der Waals surface area contributed by atoms with Crippen LogP contribution in [0.15, 0.2) is 24.3 Å². The van der Waals surface area contributed by atoms with Gasteiger partial charge in [0.15, 0.2) is 0 Å². The highest BCUT2D eigenvalue weighted by atomic mass is 16.2. The Morgan fingerprint density at radius 2 is 1.60 bits per heavy atom. The maximum Gasteiger partial charge on any atom is 0.253 e. The fourth-order valence-electron chi connectivity index (χ4n) is 2.31. The molecule has 1 N–H and O–H groups in total. The number of rotatable bonds is 2. The second kappa shape index (κ2) is 9.54. The van der Waals surface area contributed by atoms with Gasteiger partial charge in [-0.25, -0.2) is 0 Å². The summed E-state index contributed by atoms with van der Waals surface area (Å²) in [5.74, 6) is 0.724. The van der Waals surface area contributed by atoms with Crippen LogP contribution in [0.3, 0.4) is 0 Å². The second-order valence-electron chi connectivity index (χ2n) is 4.85. The highest BCUT2D eigenvalue weighted by Crippen LogP contribution is 2.25. The van der Waals surface area contributed by atoms with Crippen LogP contribution in [0.5, 0.6) is 0 Å². The molecular formula is C17H30N2O. The Hall–Kier alpha value is -1.35. The number of piperidine rings is 1. The van der Waals surface area contributed by atoms with Gasteiger partial charge in [-0.3, -0.25) is 4.79 Å². The lowest BCUT2D eigenvalue weighted by Crippen LogP contribution is -2.26. The smallest absolute Gasteiger partial charge is 0.253 e. The van der Waals surface area contributed by atoms with Crippen molar-refractivity contribution in [1.29, 1.82) is 0 Å². The number of hydrogen-bond acceptors (Lipinski definition) is 2. The fraction of sp³-hybridized carbons (Fsp3) is 0.588. The summed E-state index contributed by atoms with van der Waals surface area (Å²) in [6.07, 6.45) is 2.39. The second-order valence-corrected chi connectivity index (χ2v) is 4.85. The van der Waals surface area contributed by atoms with Crippen LogP contribution in [0.4, 0.5) is 0 Å². The first-order valence-electron chi connectivity index (χ1n) is 7.21. The molecule has 1 aliphatic heterocycles. The van der Waals surface area contributed by atoms with E-state index in [1.807, 2.05) is 26.0 Å². The first kappa shape index (κ1) is 18.7. The van der Waals surface area contributed by atoms with Gasteiger partial charge in [0.25, 0.3) is 5.91 Å². The van der Waals surface area contributed by atoms with Crippen LogP contribution in [0.25, 0.3) is 0 Å². The molecule has 0 aliphatic carbocycles. The maximum absolute atomic E-state index is 11.7. The molecule has 0 spiro atoms. The third kappa shape index (κ3) is 4.97. The van der Waals surface area contributed by atoms with Gasteiger partial charge in [0.05, 0.1) is 0 Å². The SMILES string of the molecule is C.CC.CN(C)C(=O)c1ccc(C2CCNCC2)cc1. The van der Waals surface area contributed by atoms with Crippen LogP contribution in [0.1, 0.15) is 56.0 Å². The van der Waals surface area contributed by atoms with Crippen LogP contribution in [-0.2, 0) is 0 Å². The Kier molecular flexibility index (Phi) is 8.89. The van der Waals surface area contributed by atoms with Crippen molar-refractivity contribution in [3.63, 3.8) is 0 Å². The molecule has 0 saturated carbocycles. The molecule has 3 nitrogen and oxygen atoms in total. The van der Waals surface area contributed by atoms with Crippen LogP contribution in [0.2, 0.25) is 0 Å². The minimum atomic E-state index is 0. The molecule has 3 heteroatoms. The number of nitrogens with one attached hydrogen (secondary N) is 1. The van der Waals surface area contributed by atoms with E-state index in [0.29, 0.717) is 5.92 Å². The lowest BCUT2D eigenvalue weighted by Gasteiger charge is -2.23. The van der Waals surface area contributed by atoms with E-state index in [0.717, 1.165) is 18.7 Å². The zero-order valence-electron chi connectivity index (χ0n) is 12.6. The first-order chi connectivity index (χ1) is 9.18. The standard InChI is InChI=1S/C14H20N2O.C2H6.CH4/c1-16(2)14(17)13-5-3-11(4-6-13)12-7-9-15-10-8-12;1-2;/h3-6,12,15H,7-10H2,1-2H3;1-2H3;1H4. The molecule has 1 fully saturated rings. The highest BCUT2D eigenvalue weighted by Gasteiger charge is 2.15. The number of nitrogens with zero attached hydrogens (tertiary/aromatic N) is 1. The molecule has 1 saturated heterocycles. The van der Waals surface area contributed by atoms with Crippen molar-refractivity contribution in [2.75, 3.05) is 27.2 Å². The molecule has 0 unspecified atom stereocenters. The molecule has 20 heavy (non-hydrogen) atoms. The van der Waals surface area contributed by atoms with Gasteiger partial charge in [-0.15, -0.1) is 0 Å². The molecule has 0 atom stereocenters. The summed E-state index contributed by atoms with van der Waals surface area (Å²) in [4.78, 5) is 13.4. The summed E-state index contributed by atoms with van der Waals surface area (Å²) in [5, 5.41) is 3.37. The molecule has 1 aromatic rings. The lowest BCUT2D eigenvalue weighted by molar-refractivity contribution is 0.0827. The molecule has 1 heterocycles.